The van der Waals surface area contributed by atoms with Gasteiger partial charge in [0, 0.05) is 25.0 Å². The lowest BCUT2D eigenvalue weighted by Gasteiger charge is -2.16. The third kappa shape index (κ3) is 3.89. The Kier molecular flexibility index (Phi) is 5.38. The first-order valence-corrected chi connectivity index (χ1v) is 8.34. The highest BCUT2D eigenvalue weighted by Gasteiger charge is 2.20. The zero-order valence-electron chi connectivity index (χ0n) is 14.1. The number of fused-ring (bicyclic) bond motifs is 1. The third-order valence-electron chi connectivity index (χ3n) is 3.74. The van der Waals surface area contributed by atoms with E-state index in [1.165, 1.54) is 11.3 Å². The van der Waals surface area contributed by atoms with E-state index < -0.39 is 6.04 Å². The molecule has 126 valence electrons. The average molecular weight is 337 g/mol. The lowest BCUT2D eigenvalue weighted by Crippen LogP contribution is -2.47. The topological polar surface area (TPSA) is 88.0 Å². The Morgan fingerprint density at radius 3 is 2.70 bits per heavy atom. The molecule has 2 atom stereocenters. The Morgan fingerprint density at radius 2 is 2.09 bits per heavy atom. The summed E-state index contributed by atoms with van der Waals surface area (Å²) in [4.78, 5) is 25.9. The van der Waals surface area contributed by atoms with Gasteiger partial charge in [-0.05, 0) is 33.9 Å². The molecule has 0 fully saturated rings. The number of rotatable bonds is 6. The molecule has 0 radical (unpaired) electrons. The van der Waals surface area contributed by atoms with Crippen LogP contribution in [0, 0.1) is 6.92 Å². The van der Waals surface area contributed by atoms with Gasteiger partial charge in [-0.1, -0.05) is 0 Å². The van der Waals surface area contributed by atoms with Gasteiger partial charge in [0.05, 0.1) is 10.6 Å². The Morgan fingerprint density at radius 1 is 1.39 bits per heavy atom. The number of thiophene rings is 1. The second kappa shape index (κ2) is 7.10. The molecule has 2 heterocycles. The number of carbonyl (C=O) groups is 2. The Hall–Kier alpha value is -1.93. The lowest BCUT2D eigenvalue weighted by atomic mass is 10.2. The van der Waals surface area contributed by atoms with Crippen molar-refractivity contribution in [3.05, 3.63) is 16.6 Å². The summed E-state index contributed by atoms with van der Waals surface area (Å²) in [5.41, 5.74) is 0.893. The van der Waals surface area contributed by atoms with Crippen LogP contribution in [0.2, 0.25) is 0 Å². The summed E-state index contributed by atoms with van der Waals surface area (Å²) >= 11 is 1.38. The Labute approximate surface area is 139 Å². The molecular formula is C15H23N5O2S. The summed E-state index contributed by atoms with van der Waals surface area (Å²) in [6.07, 6.45) is 0. The average Bonchev–Trinajstić information content (AvgIpc) is 3.06. The van der Waals surface area contributed by atoms with Crippen LogP contribution in [0.1, 0.15) is 29.2 Å². The molecule has 7 nitrogen and oxygen atoms in total. The summed E-state index contributed by atoms with van der Waals surface area (Å²) < 4.78 is 1.77. The van der Waals surface area contributed by atoms with E-state index in [2.05, 4.69) is 21.0 Å². The number of amides is 2. The number of hydrogen-bond acceptors (Lipinski definition) is 5. The first-order valence-electron chi connectivity index (χ1n) is 7.52. The van der Waals surface area contributed by atoms with E-state index in [-0.39, 0.29) is 17.9 Å². The van der Waals surface area contributed by atoms with Gasteiger partial charge < -0.3 is 16.0 Å². The number of carbonyl (C=O) groups excluding carboxylic acids is 2. The third-order valence-corrected chi connectivity index (χ3v) is 4.94. The van der Waals surface area contributed by atoms with Crippen molar-refractivity contribution in [2.75, 3.05) is 13.6 Å². The highest BCUT2D eigenvalue weighted by atomic mass is 32.1. The highest BCUT2D eigenvalue weighted by molar-refractivity contribution is 7.20. The quantitative estimate of drug-likeness (QED) is 0.727. The van der Waals surface area contributed by atoms with E-state index in [1.54, 1.807) is 11.6 Å². The van der Waals surface area contributed by atoms with Gasteiger partial charge in [-0.15, -0.1) is 11.3 Å². The van der Waals surface area contributed by atoms with E-state index in [9.17, 15) is 9.59 Å². The number of aromatic nitrogens is 2. The molecule has 2 unspecified atom stereocenters. The first-order chi connectivity index (χ1) is 10.8. The maximum Gasteiger partial charge on any atom is 0.262 e. The molecule has 8 heteroatoms. The molecule has 2 aromatic heterocycles. The maximum absolute atomic E-state index is 12.3. The van der Waals surface area contributed by atoms with Crippen LogP contribution in [-0.4, -0.2) is 47.3 Å². The Balaban J connectivity index is 1.99. The summed E-state index contributed by atoms with van der Waals surface area (Å²) in [6.45, 7) is 6.08. The summed E-state index contributed by atoms with van der Waals surface area (Å²) in [7, 11) is 3.69. The summed E-state index contributed by atoms with van der Waals surface area (Å²) in [5.74, 6) is -0.436. The smallest absolute Gasteiger partial charge is 0.262 e. The molecule has 3 N–H and O–H groups in total. The second-order valence-electron chi connectivity index (χ2n) is 5.67. The van der Waals surface area contributed by atoms with Crippen LogP contribution in [-0.2, 0) is 11.8 Å². The van der Waals surface area contributed by atoms with Gasteiger partial charge in [0.25, 0.3) is 5.91 Å². The minimum atomic E-state index is -0.587. The van der Waals surface area contributed by atoms with Gasteiger partial charge in [-0.25, -0.2) is 0 Å². The number of nitrogens with one attached hydrogen (secondary N) is 3. The largest absolute Gasteiger partial charge is 0.353 e. The highest BCUT2D eigenvalue weighted by Crippen LogP contribution is 2.27. The number of nitrogens with zero attached hydrogens (tertiary/aromatic N) is 2. The first kappa shape index (κ1) is 17.4. The zero-order valence-corrected chi connectivity index (χ0v) is 14.9. The van der Waals surface area contributed by atoms with Crippen LogP contribution in [0.25, 0.3) is 10.2 Å². The van der Waals surface area contributed by atoms with Gasteiger partial charge in [0.2, 0.25) is 5.91 Å². The van der Waals surface area contributed by atoms with E-state index in [4.69, 9.17) is 0 Å². The standard InChI is InChI=1S/C15H23N5O2S/c1-8(16-4)7-17-13(21)10(3)18-14(22)12-6-11-9(2)19-20(5)15(11)23-12/h6,8,10,16H,7H2,1-5H3,(H,17,21)(H,18,22). The molecule has 0 aliphatic carbocycles. The van der Waals surface area contributed by atoms with E-state index in [0.29, 0.717) is 11.4 Å². The van der Waals surface area contributed by atoms with Crippen molar-refractivity contribution < 1.29 is 9.59 Å². The summed E-state index contributed by atoms with van der Waals surface area (Å²) in [6, 6.07) is 1.42. The minimum absolute atomic E-state index is 0.180. The van der Waals surface area contributed by atoms with Crippen molar-refractivity contribution in [2.24, 2.45) is 7.05 Å². The van der Waals surface area contributed by atoms with Crippen LogP contribution in [0.15, 0.2) is 6.07 Å². The van der Waals surface area contributed by atoms with Crippen molar-refractivity contribution in [1.29, 1.82) is 0 Å². The lowest BCUT2D eigenvalue weighted by molar-refractivity contribution is -0.122. The number of likely N-dealkylation sites (N-methyl/N-ethyl adjacent to an activating group) is 1. The fourth-order valence-corrected chi connectivity index (χ4v) is 3.19. The van der Waals surface area contributed by atoms with Gasteiger partial charge >= 0.3 is 0 Å². The van der Waals surface area contributed by atoms with Crippen molar-refractivity contribution in [3.8, 4) is 0 Å². The SMILES string of the molecule is CNC(C)CNC(=O)C(C)NC(=O)c1cc2c(C)nn(C)c2s1. The second-order valence-corrected chi connectivity index (χ2v) is 6.70. The van der Waals surface area contributed by atoms with Crippen molar-refractivity contribution in [3.63, 3.8) is 0 Å². The molecule has 0 aliphatic heterocycles. The molecular weight excluding hydrogens is 314 g/mol. The zero-order chi connectivity index (χ0) is 17.1. The van der Waals surface area contributed by atoms with Gasteiger partial charge in [-0.2, -0.15) is 5.10 Å². The van der Waals surface area contributed by atoms with Crippen LogP contribution in [0.5, 0.6) is 0 Å². The maximum atomic E-state index is 12.3. The van der Waals surface area contributed by atoms with Crippen molar-refractivity contribution in [2.45, 2.75) is 32.9 Å². The molecule has 2 aromatic rings. The van der Waals surface area contributed by atoms with Crippen molar-refractivity contribution >= 4 is 33.4 Å². The van der Waals surface area contributed by atoms with Gasteiger partial charge in [0.15, 0.2) is 0 Å². The van der Waals surface area contributed by atoms with Crippen molar-refractivity contribution in [1.82, 2.24) is 25.7 Å². The number of aryl methyl sites for hydroxylation is 2. The molecule has 2 amide bonds. The van der Waals surface area contributed by atoms with Crippen LogP contribution in [0.4, 0.5) is 0 Å². The fraction of sp³-hybridized carbons (Fsp3) is 0.533. The molecule has 0 spiro atoms. The summed E-state index contributed by atoms with van der Waals surface area (Å²) in [5, 5.41) is 13.9. The van der Waals surface area contributed by atoms with Crippen LogP contribution < -0.4 is 16.0 Å². The van der Waals surface area contributed by atoms with Crippen LogP contribution >= 0.6 is 11.3 Å². The van der Waals surface area contributed by atoms with Gasteiger partial charge in [-0.3, -0.25) is 14.3 Å². The van der Waals surface area contributed by atoms with Gasteiger partial charge in [0.1, 0.15) is 10.9 Å². The molecule has 23 heavy (non-hydrogen) atoms. The predicted octanol–water partition coefficient (Wildman–Crippen LogP) is 0.786. The fourth-order valence-electron chi connectivity index (χ4n) is 2.16. The molecule has 0 saturated heterocycles. The molecule has 0 saturated carbocycles. The monoisotopic (exact) mass is 337 g/mol. The Bertz CT molecular complexity index is 686. The molecule has 2 rings (SSSR count). The molecule has 0 bridgehead atoms. The van der Waals surface area contributed by atoms with E-state index >= 15 is 0 Å². The minimum Gasteiger partial charge on any atom is -0.353 e. The predicted molar refractivity (Wildman–Crippen MR) is 91.8 cm³/mol. The molecule has 0 aliphatic rings. The van der Waals surface area contributed by atoms with E-state index in [0.717, 1.165) is 15.9 Å². The molecule has 0 aromatic carbocycles. The normalized spacial score (nSPS) is 13.8. The van der Waals surface area contributed by atoms with Crippen LogP contribution in [0.3, 0.4) is 0 Å². The van der Waals surface area contributed by atoms with E-state index in [1.807, 2.05) is 34.0 Å². The number of hydrogen-bond donors (Lipinski definition) is 3.